The molecule has 1 rings (SSSR count). The van der Waals surface area contributed by atoms with Gasteiger partial charge in [-0.3, -0.25) is 9.59 Å². The third kappa shape index (κ3) is 4.18. The smallest absolute Gasteiger partial charge is 0.325 e. The van der Waals surface area contributed by atoms with Gasteiger partial charge in [0.05, 0.1) is 6.42 Å². The van der Waals surface area contributed by atoms with Crippen LogP contribution in [0, 0.1) is 3.57 Å². The quantitative estimate of drug-likeness (QED) is 0.819. The highest BCUT2D eigenvalue weighted by Gasteiger charge is 2.13. The Hall–Kier alpha value is -1.11. The minimum atomic E-state index is -1.03. The summed E-state index contributed by atoms with van der Waals surface area (Å²) in [7, 11) is 0. The number of carbonyl (C=O) groups is 2. The van der Waals surface area contributed by atoms with Crippen molar-refractivity contribution in [1.29, 1.82) is 0 Å². The van der Waals surface area contributed by atoms with Gasteiger partial charge in [-0.1, -0.05) is 12.1 Å². The third-order valence-corrected chi connectivity index (χ3v) is 2.67. The van der Waals surface area contributed by atoms with Crippen molar-refractivity contribution < 1.29 is 14.7 Å². The summed E-state index contributed by atoms with van der Waals surface area (Å²) in [5.41, 5.74) is 0.877. The van der Waals surface area contributed by atoms with Crippen molar-refractivity contribution in [2.24, 2.45) is 0 Å². The maximum atomic E-state index is 11.5. The second-order valence-corrected chi connectivity index (χ2v) is 4.68. The Kier molecular flexibility index (Phi) is 4.72. The van der Waals surface area contributed by atoms with E-state index in [1.165, 1.54) is 6.92 Å². The largest absolute Gasteiger partial charge is 0.480 e. The molecule has 1 amide bonds. The van der Waals surface area contributed by atoms with Crippen molar-refractivity contribution in [2.75, 3.05) is 0 Å². The Balaban J connectivity index is 2.55. The first-order valence-corrected chi connectivity index (χ1v) is 5.83. The van der Waals surface area contributed by atoms with Crippen LogP contribution in [0.1, 0.15) is 12.5 Å². The minimum absolute atomic E-state index is 0.203. The van der Waals surface area contributed by atoms with Crippen molar-refractivity contribution in [3.63, 3.8) is 0 Å². The van der Waals surface area contributed by atoms with Gasteiger partial charge in [0.2, 0.25) is 5.91 Å². The summed E-state index contributed by atoms with van der Waals surface area (Å²) >= 11 is 2.16. The van der Waals surface area contributed by atoms with Crippen LogP contribution in [0.2, 0.25) is 0 Å². The number of hydrogen-bond donors (Lipinski definition) is 2. The highest BCUT2D eigenvalue weighted by atomic mass is 127. The van der Waals surface area contributed by atoms with E-state index in [9.17, 15) is 9.59 Å². The van der Waals surface area contributed by atoms with Gasteiger partial charge < -0.3 is 10.4 Å². The molecular formula is C11H12INO3. The molecule has 0 heterocycles. The topological polar surface area (TPSA) is 66.4 Å². The van der Waals surface area contributed by atoms with Gasteiger partial charge in [-0.15, -0.1) is 0 Å². The van der Waals surface area contributed by atoms with Gasteiger partial charge in [-0.2, -0.15) is 0 Å². The van der Waals surface area contributed by atoms with Crippen LogP contribution in [-0.4, -0.2) is 23.0 Å². The van der Waals surface area contributed by atoms with Gasteiger partial charge >= 0.3 is 5.97 Å². The Morgan fingerprint density at radius 2 is 2.19 bits per heavy atom. The number of amides is 1. The summed E-state index contributed by atoms with van der Waals surface area (Å²) < 4.78 is 1.05. The predicted molar refractivity (Wildman–Crippen MR) is 68.1 cm³/mol. The standard InChI is InChI=1S/C11H12INO3/c1-7(11(15)16)13-10(14)6-8-3-2-4-9(12)5-8/h2-5,7H,6H2,1H3,(H,13,14)(H,15,16)/t7-/m1/s1. The fourth-order valence-electron chi connectivity index (χ4n) is 1.19. The summed E-state index contributed by atoms with van der Waals surface area (Å²) in [5, 5.41) is 11.0. The average molecular weight is 333 g/mol. The van der Waals surface area contributed by atoms with Crippen LogP contribution in [0.3, 0.4) is 0 Å². The zero-order chi connectivity index (χ0) is 12.1. The highest BCUT2D eigenvalue weighted by molar-refractivity contribution is 14.1. The molecule has 0 aromatic heterocycles. The van der Waals surface area contributed by atoms with E-state index in [0.29, 0.717) is 0 Å². The summed E-state index contributed by atoms with van der Waals surface area (Å²) in [5.74, 6) is -1.31. The van der Waals surface area contributed by atoms with Gasteiger partial charge in [0.25, 0.3) is 0 Å². The van der Waals surface area contributed by atoms with Gasteiger partial charge in [0, 0.05) is 3.57 Å². The van der Waals surface area contributed by atoms with Crippen LogP contribution in [0.5, 0.6) is 0 Å². The number of aliphatic carboxylic acids is 1. The molecule has 5 heteroatoms. The highest BCUT2D eigenvalue weighted by Crippen LogP contribution is 2.08. The van der Waals surface area contributed by atoms with Crippen LogP contribution in [0.15, 0.2) is 24.3 Å². The van der Waals surface area contributed by atoms with E-state index in [1.807, 2.05) is 24.3 Å². The fraction of sp³-hybridized carbons (Fsp3) is 0.273. The van der Waals surface area contributed by atoms with Crippen molar-refractivity contribution in [3.8, 4) is 0 Å². The molecule has 0 radical (unpaired) electrons. The molecular weight excluding hydrogens is 321 g/mol. The van der Waals surface area contributed by atoms with Crippen LogP contribution < -0.4 is 5.32 Å². The number of halogens is 1. The van der Waals surface area contributed by atoms with Crippen LogP contribution in [-0.2, 0) is 16.0 Å². The van der Waals surface area contributed by atoms with Crippen LogP contribution in [0.25, 0.3) is 0 Å². The number of carboxylic acid groups (broad SMARTS) is 1. The van der Waals surface area contributed by atoms with E-state index in [0.717, 1.165) is 9.13 Å². The second-order valence-electron chi connectivity index (χ2n) is 3.43. The molecule has 86 valence electrons. The Morgan fingerprint density at radius 1 is 1.50 bits per heavy atom. The third-order valence-electron chi connectivity index (χ3n) is 2.00. The summed E-state index contributed by atoms with van der Waals surface area (Å²) in [6.07, 6.45) is 0.203. The molecule has 1 atom stereocenters. The molecule has 0 bridgehead atoms. The molecule has 0 unspecified atom stereocenters. The SMILES string of the molecule is C[C@@H](NC(=O)Cc1cccc(I)c1)C(=O)O. The molecule has 1 aromatic carbocycles. The molecule has 0 saturated heterocycles. The lowest BCUT2D eigenvalue weighted by Gasteiger charge is -2.09. The molecule has 0 spiro atoms. The second kappa shape index (κ2) is 5.83. The summed E-state index contributed by atoms with van der Waals surface area (Å²) in [4.78, 5) is 22.0. The first-order chi connectivity index (χ1) is 7.49. The number of hydrogen-bond acceptors (Lipinski definition) is 2. The van der Waals surface area contributed by atoms with Gasteiger partial charge in [-0.25, -0.2) is 0 Å². The van der Waals surface area contributed by atoms with Gasteiger partial charge in [0.1, 0.15) is 6.04 Å². The molecule has 2 N–H and O–H groups in total. The van der Waals surface area contributed by atoms with E-state index in [1.54, 1.807) is 0 Å². The maximum Gasteiger partial charge on any atom is 0.325 e. The summed E-state index contributed by atoms with van der Waals surface area (Å²) in [6.45, 7) is 1.44. The molecule has 0 saturated carbocycles. The van der Waals surface area contributed by atoms with Crippen molar-refractivity contribution in [2.45, 2.75) is 19.4 Å². The zero-order valence-electron chi connectivity index (χ0n) is 8.74. The average Bonchev–Trinajstić information content (AvgIpc) is 2.16. The van der Waals surface area contributed by atoms with Crippen molar-refractivity contribution in [1.82, 2.24) is 5.32 Å². The number of benzene rings is 1. The molecule has 0 aliphatic carbocycles. The Bertz CT molecular complexity index is 406. The lowest BCUT2D eigenvalue weighted by atomic mass is 10.1. The van der Waals surface area contributed by atoms with Gasteiger partial charge in [0.15, 0.2) is 0 Å². The molecule has 0 fully saturated rings. The number of nitrogens with one attached hydrogen (secondary N) is 1. The normalized spacial score (nSPS) is 11.9. The summed E-state index contributed by atoms with van der Waals surface area (Å²) in [6, 6.07) is 6.68. The van der Waals surface area contributed by atoms with Crippen LogP contribution in [0.4, 0.5) is 0 Å². The number of rotatable bonds is 4. The molecule has 4 nitrogen and oxygen atoms in total. The van der Waals surface area contributed by atoms with E-state index in [2.05, 4.69) is 27.9 Å². The minimum Gasteiger partial charge on any atom is -0.480 e. The lowest BCUT2D eigenvalue weighted by Crippen LogP contribution is -2.39. The molecule has 0 aliphatic rings. The Morgan fingerprint density at radius 3 is 2.75 bits per heavy atom. The van der Waals surface area contributed by atoms with E-state index in [4.69, 9.17) is 5.11 Å². The predicted octanol–water partition coefficient (Wildman–Crippen LogP) is 1.42. The Labute approximate surface area is 107 Å². The molecule has 0 aliphatic heterocycles. The lowest BCUT2D eigenvalue weighted by molar-refractivity contribution is -0.141. The molecule has 1 aromatic rings. The number of carboxylic acids is 1. The first kappa shape index (κ1) is 13.0. The van der Waals surface area contributed by atoms with E-state index < -0.39 is 12.0 Å². The fourth-order valence-corrected chi connectivity index (χ4v) is 1.79. The zero-order valence-corrected chi connectivity index (χ0v) is 10.9. The van der Waals surface area contributed by atoms with Crippen molar-refractivity contribution in [3.05, 3.63) is 33.4 Å². The van der Waals surface area contributed by atoms with E-state index >= 15 is 0 Å². The van der Waals surface area contributed by atoms with E-state index in [-0.39, 0.29) is 12.3 Å². The van der Waals surface area contributed by atoms with Gasteiger partial charge in [-0.05, 0) is 47.2 Å². The van der Waals surface area contributed by atoms with Crippen molar-refractivity contribution >= 4 is 34.5 Å². The number of carbonyl (C=O) groups excluding carboxylic acids is 1. The maximum absolute atomic E-state index is 11.5. The first-order valence-electron chi connectivity index (χ1n) is 4.75. The van der Waals surface area contributed by atoms with Crippen LogP contribution >= 0.6 is 22.6 Å². The molecule has 16 heavy (non-hydrogen) atoms. The monoisotopic (exact) mass is 333 g/mol.